The molecular weight excluding hydrogens is 291 g/mol. The molecule has 3 rings (SSSR count). The van der Waals surface area contributed by atoms with Crippen molar-refractivity contribution in [3.8, 4) is 0 Å². The minimum Gasteiger partial charge on any atom is -0.337 e. The first-order chi connectivity index (χ1) is 10.9. The molecule has 126 valence electrons. The van der Waals surface area contributed by atoms with Gasteiger partial charge in [-0.05, 0) is 63.1 Å². The van der Waals surface area contributed by atoms with Crippen LogP contribution in [0.1, 0.15) is 51.0 Å². The van der Waals surface area contributed by atoms with Gasteiger partial charge in [-0.3, -0.25) is 4.79 Å². The van der Waals surface area contributed by atoms with Crippen LogP contribution in [0.15, 0.2) is 24.3 Å². The maximum absolute atomic E-state index is 14.2. The zero-order valence-electron chi connectivity index (χ0n) is 14.1. The molecule has 2 N–H and O–H groups in total. The number of carbonyl (C=O) groups excluding carboxylic acids is 1. The smallest absolute Gasteiger partial charge is 0.223 e. The fourth-order valence-electron chi connectivity index (χ4n) is 4.42. The lowest BCUT2D eigenvalue weighted by Gasteiger charge is -2.39. The van der Waals surface area contributed by atoms with E-state index in [9.17, 15) is 9.18 Å². The number of amides is 1. The molecule has 1 aromatic rings. The van der Waals surface area contributed by atoms with Gasteiger partial charge in [0, 0.05) is 24.4 Å². The van der Waals surface area contributed by atoms with Gasteiger partial charge in [-0.2, -0.15) is 0 Å². The minimum absolute atomic E-state index is 0.0610. The fraction of sp³-hybridized carbons (Fsp3) is 0.632. The van der Waals surface area contributed by atoms with Gasteiger partial charge < -0.3 is 10.6 Å². The number of carbonyl (C=O) groups is 1. The highest BCUT2D eigenvalue weighted by molar-refractivity contribution is 5.78. The second-order valence-corrected chi connectivity index (χ2v) is 7.71. The van der Waals surface area contributed by atoms with Crippen LogP contribution in [-0.4, -0.2) is 29.4 Å². The Morgan fingerprint density at radius 1 is 1.30 bits per heavy atom. The second-order valence-electron chi connectivity index (χ2n) is 7.71. The summed E-state index contributed by atoms with van der Waals surface area (Å²) < 4.78 is 14.2. The van der Waals surface area contributed by atoms with E-state index in [2.05, 4.69) is 13.8 Å². The van der Waals surface area contributed by atoms with E-state index in [0.29, 0.717) is 18.3 Å². The Balaban J connectivity index is 1.68. The molecule has 1 heterocycles. The van der Waals surface area contributed by atoms with Gasteiger partial charge in [0.15, 0.2) is 0 Å². The Labute approximate surface area is 138 Å². The number of hydrogen-bond acceptors (Lipinski definition) is 2. The number of nitrogens with zero attached hydrogens (tertiary/aromatic N) is 1. The van der Waals surface area contributed by atoms with E-state index in [4.69, 9.17) is 5.73 Å². The molecule has 0 aromatic heterocycles. The third-order valence-corrected chi connectivity index (χ3v) is 5.90. The van der Waals surface area contributed by atoms with Gasteiger partial charge in [-0.1, -0.05) is 18.2 Å². The lowest BCUT2D eigenvalue weighted by molar-refractivity contribution is -0.136. The van der Waals surface area contributed by atoms with E-state index in [1.54, 1.807) is 6.07 Å². The summed E-state index contributed by atoms with van der Waals surface area (Å²) in [6.07, 6.45) is 3.60. The van der Waals surface area contributed by atoms with Crippen LogP contribution >= 0.6 is 0 Å². The van der Waals surface area contributed by atoms with Gasteiger partial charge in [0.2, 0.25) is 5.91 Å². The molecule has 1 aliphatic heterocycles. The van der Waals surface area contributed by atoms with Crippen LogP contribution in [0.4, 0.5) is 4.39 Å². The largest absolute Gasteiger partial charge is 0.337 e. The van der Waals surface area contributed by atoms with E-state index in [0.717, 1.165) is 37.9 Å². The van der Waals surface area contributed by atoms with E-state index < -0.39 is 0 Å². The monoisotopic (exact) mass is 318 g/mol. The van der Waals surface area contributed by atoms with Crippen LogP contribution in [0.2, 0.25) is 0 Å². The van der Waals surface area contributed by atoms with Crippen molar-refractivity contribution in [1.82, 2.24) is 4.90 Å². The maximum Gasteiger partial charge on any atom is 0.223 e. The second kappa shape index (κ2) is 6.23. The number of rotatable bonds is 4. The fourth-order valence-corrected chi connectivity index (χ4v) is 4.42. The summed E-state index contributed by atoms with van der Waals surface area (Å²) >= 11 is 0. The van der Waals surface area contributed by atoms with Crippen molar-refractivity contribution in [2.45, 2.75) is 51.0 Å². The first-order valence-electron chi connectivity index (χ1n) is 8.68. The van der Waals surface area contributed by atoms with E-state index in [-0.39, 0.29) is 23.2 Å². The number of halogens is 1. The first-order valence-corrected chi connectivity index (χ1v) is 8.68. The first kappa shape index (κ1) is 16.4. The summed E-state index contributed by atoms with van der Waals surface area (Å²) in [4.78, 5) is 14.7. The van der Waals surface area contributed by atoms with Crippen molar-refractivity contribution in [3.63, 3.8) is 0 Å². The van der Waals surface area contributed by atoms with Gasteiger partial charge in [0.1, 0.15) is 5.82 Å². The molecule has 0 radical (unpaired) electrons. The van der Waals surface area contributed by atoms with Crippen LogP contribution in [0.5, 0.6) is 0 Å². The van der Waals surface area contributed by atoms with Crippen LogP contribution in [-0.2, 0) is 4.79 Å². The average Bonchev–Trinajstić information content (AvgIpc) is 2.78. The van der Waals surface area contributed by atoms with Crippen molar-refractivity contribution in [1.29, 1.82) is 0 Å². The molecule has 23 heavy (non-hydrogen) atoms. The predicted octanol–water partition coefficient (Wildman–Crippen LogP) is 3.30. The van der Waals surface area contributed by atoms with Crippen molar-refractivity contribution in [2.24, 2.45) is 17.6 Å². The topological polar surface area (TPSA) is 46.3 Å². The van der Waals surface area contributed by atoms with Crippen molar-refractivity contribution in [2.75, 3.05) is 13.1 Å². The van der Waals surface area contributed by atoms with E-state index >= 15 is 0 Å². The molecule has 1 amide bonds. The summed E-state index contributed by atoms with van der Waals surface area (Å²) in [6.45, 7) is 5.59. The quantitative estimate of drug-likeness (QED) is 0.926. The Hall–Kier alpha value is -1.42. The van der Waals surface area contributed by atoms with Crippen LogP contribution in [0.3, 0.4) is 0 Å². The van der Waals surface area contributed by atoms with Gasteiger partial charge in [-0.25, -0.2) is 4.39 Å². The summed E-state index contributed by atoms with van der Waals surface area (Å²) in [5.41, 5.74) is 6.06. The molecule has 1 aliphatic carbocycles. The minimum atomic E-state index is -0.337. The zero-order valence-corrected chi connectivity index (χ0v) is 14.1. The molecule has 0 spiro atoms. The summed E-state index contributed by atoms with van der Waals surface area (Å²) in [5, 5.41) is 0. The van der Waals surface area contributed by atoms with Gasteiger partial charge in [0.25, 0.3) is 0 Å². The standard InChI is InChI=1S/C19H27FN2O/c1-19(2)16(15-5-3-4-6-17(15)20)7-8-22(19)18(23)11-13-9-14(10-13)12-21/h3-6,13-14,16H,7-12,21H2,1-2H3. The Bertz CT molecular complexity index is 580. The van der Waals surface area contributed by atoms with E-state index in [1.165, 1.54) is 6.07 Å². The SMILES string of the molecule is CC1(C)C(c2ccccc2F)CCN1C(=O)CC1CC(CN)C1. The summed E-state index contributed by atoms with van der Waals surface area (Å²) in [7, 11) is 0. The van der Waals surface area contributed by atoms with Crippen molar-refractivity contribution >= 4 is 5.91 Å². The number of nitrogens with two attached hydrogens (primary N) is 1. The molecular formula is C19H27FN2O. The van der Waals surface area contributed by atoms with Crippen LogP contribution in [0.25, 0.3) is 0 Å². The normalized spacial score (nSPS) is 29.4. The zero-order chi connectivity index (χ0) is 16.6. The molecule has 1 atom stereocenters. The molecule has 0 bridgehead atoms. The molecule has 1 saturated heterocycles. The Morgan fingerprint density at radius 2 is 2.00 bits per heavy atom. The predicted molar refractivity (Wildman–Crippen MR) is 89.4 cm³/mol. The Kier molecular flexibility index (Phi) is 4.45. The maximum atomic E-state index is 14.2. The average molecular weight is 318 g/mol. The van der Waals surface area contributed by atoms with E-state index in [1.807, 2.05) is 17.0 Å². The van der Waals surface area contributed by atoms with Crippen LogP contribution in [0, 0.1) is 17.7 Å². The summed E-state index contributed by atoms with van der Waals surface area (Å²) in [5.74, 6) is 1.20. The highest BCUT2D eigenvalue weighted by atomic mass is 19.1. The molecule has 2 aliphatic rings. The van der Waals surface area contributed by atoms with Crippen molar-refractivity contribution in [3.05, 3.63) is 35.6 Å². The van der Waals surface area contributed by atoms with Crippen molar-refractivity contribution < 1.29 is 9.18 Å². The van der Waals surface area contributed by atoms with Gasteiger partial charge in [-0.15, -0.1) is 0 Å². The molecule has 1 aromatic carbocycles. The number of hydrogen-bond donors (Lipinski definition) is 1. The van der Waals surface area contributed by atoms with Crippen LogP contribution < -0.4 is 5.73 Å². The highest BCUT2D eigenvalue weighted by Crippen LogP contribution is 2.44. The van der Waals surface area contributed by atoms with Gasteiger partial charge >= 0.3 is 0 Å². The third kappa shape index (κ3) is 3.01. The lowest BCUT2D eigenvalue weighted by Crippen LogP contribution is -2.46. The molecule has 1 unspecified atom stereocenters. The number of likely N-dealkylation sites (tertiary alicyclic amines) is 1. The van der Waals surface area contributed by atoms with Gasteiger partial charge in [0.05, 0.1) is 0 Å². The molecule has 4 heteroatoms. The molecule has 2 fully saturated rings. The summed E-state index contributed by atoms with van der Waals surface area (Å²) in [6, 6.07) is 6.96. The molecule has 3 nitrogen and oxygen atoms in total. The lowest BCUT2D eigenvalue weighted by atomic mass is 9.73. The highest BCUT2D eigenvalue weighted by Gasteiger charge is 2.45. The molecule has 1 saturated carbocycles. The third-order valence-electron chi connectivity index (χ3n) is 5.90. The number of benzene rings is 1. The Morgan fingerprint density at radius 3 is 2.65 bits per heavy atom.